The van der Waals surface area contributed by atoms with E-state index in [1.807, 2.05) is 32.0 Å². The summed E-state index contributed by atoms with van der Waals surface area (Å²) in [6, 6.07) is 68.3. The highest BCUT2D eigenvalue weighted by molar-refractivity contribution is 7.77. The van der Waals surface area contributed by atoms with Gasteiger partial charge in [-0.1, -0.05) is 223 Å². The van der Waals surface area contributed by atoms with Crippen LogP contribution in [0, 0.1) is 6.92 Å². The van der Waals surface area contributed by atoms with Gasteiger partial charge in [0.05, 0.1) is 0 Å². The van der Waals surface area contributed by atoms with E-state index in [0.717, 1.165) is 12.1 Å². The van der Waals surface area contributed by atoms with Crippen LogP contribution in [0.2, 0.25) is 0 Å². The molecule has 6 aromatic carbocycles. The molecule has 0 bridgehead atoms. The van der Waals surface area contributed by atoms with Crippen LogP contribution in [0.25, 0.3) is 0 Å². The molecule has 0 amide bonds. The van der Waals surface area contributed by atoms with Gasteiger partial charge in [0, 0.05) is 0 Å². The molecule has 44 heavy (non-hydrogen) atoms. The standard InChI is InChI=1S/C32H29BP2.C7H8.C2H6/c1-6-16-28(17-7-1)33(26-34(29-18-8-2-9-19-29)30-20-10-3-11-21-30)27-35(31-22-12-4-13-23-31)32-24-14-5-15-25-32;1-7-5-3-2-4-6-7;1-2/h1-25H,26-27H2;2-6H,1H3;1-2H3. The largest absolute Gasteiger partial charge is 0.185 e. The lowest BCUT2D eigenvalue weighted by atomic mass is 9.48. The maximum Gasteiger partial charge on any atom is 0.185 e. The summed E-state index contributed by atoms with van der Waals surface area (Å²) in [7, 11) is -0.944. The van der Waals surface area contributed by atoms with Crippen molar-refractivity contribution in [2.75, 3.05) is 12.1 Å². The molecule has 6 aromatic rings. The first kappa shape index (κ1) is 33.1. The van der Waals surface area contributed by atoms with Gasteiger partial charge in [-0.3, -0.25) is 0 Å². The summed E-state index contributed by atoms with van der Waals surface area (Å²) in [5, 5.41) is 5.83. The van der Waals surface area contributed by atoms with Crippen LogP contribution in [0.3, 0.4) is 0 Å². The molecule has 0 saturated carbocycles. The Morgan fingerprint density at radius 2 is 0.614 bits per heavy atom. The number of hydrogen-bond acceptors (Lipinski definition) is 0. The van der Waals surface area contributed by atoms with Gasteiger partial charge in [0.2, 0.25) is 0 Å². The van der Waals surface area contributed by atoms with Crippen molar-refractivity contribution in [3.05, 3.63) is 188 Å². The van der Waals surface area contributed by atoms with Crippen LogP contribution in [0.15, 0.2) is 182 Å². The Balaban J connectivity index is 0.000000427. The third-order valence-corrected chi connectivity index (χ3v) is 12.6. The fraction of sp³-hybridized carbons (Fsp3) is 0.122. The Morgan fingerprint density at radius 1 is 0.364 bits per heavy atom. The van der Waals surface area contributed by atoms with Crippen molar-refractivity contribution >= 4 is 49.2 Å². The lowest BCUT2D eigenvalue weighted by molar-refractivity contribution is 1.48. The van der Waals surface area contributed by atoms with Crippen molar-refractivity contribution < 1.29 is 0 Å². The van der Waals surface area contributed by atoms with Crippen LogP contribution < -0.4 is 26.7 Å². The Kier molecular flexibility index (Phi) is 14.2. The molecule has 0 unspecified atom stereocenters. The average Bonchev–Trinajstić information content (AvgIpc) is 3.12. The SMILES string of the molecule is CC.Cc1ccccc1.c1ccc(B(CP(c2ccccc2)c2ccccc2)CP(c2ccccc2)c2ccccc2)cc1. The predicted molar refractivity (Wildman–Crippen MR) is 202 cm³/mol. The first-order valence-corrected chi connectivity index (χ1v) is 18.6. The van der Waals surface area contributed by atoms with Crippen molar-refractivity contribution in [2.45, 2.75) is 20.8 Å². The second-order valence-corrected chi connectivity index (χ2v) is 14.8. The summed E-state index contributed by atoms with van der Waals surface area (Å²) >= 11 is 0. The van der Waals surface area contributed by atoms with Gasteiger partial charge < -0.3 is 0 Å². The Labute approximate surface area is 268 Å². The van der Waals surface area contributed by atoms with Gasteiger partial charge in [-0.25, -0.2) is 0 Å². The third-order valence-electron chi connectivity index (χ3n) is 7.29. The second kappa shape index (κ2) is 18.8. The van der Waals surface area contributed by atoms with Crippen molar-refractivity contribution in [3.63, 3.8) is 0 Å². The molecule has 0 nitrogen and oxygen atoms in total. The minimum absolute atomic E-state index is 0.467. The number of hydrogen-bond donors (Lipinski definition) is 0. The third kappa shape index (κ3) is 10.2. The van der Waals surface area contributed by atoms with Crippen LogP contribution in [-0.4, -0.2) is 18.8 Å². The van der Waals surface area contributed by atoms with E-state index >= 15 is 0 Å². The molecule has 0 atom stereocenters. The average molecular weight is 609 g/mol. The molecule has 0 spiro atoms. The topological polar surface area (TPSA) is 0 Å². The minimum Gasteiger partial charge on any atom is -0.0793 e. The highest BCUT2D eigenvalue weighted by atomic mass is 31.1. The molecule has 0 aliphatic rings. The van der Waals surface area contributed by atoms with E-state index in [1.165, 1.54) is 32.2 Å². The molecule has 0 aliphatic heterocycles. The van der Waals surface area contributed by atoms with Crippen molar-refractivity contribution in [1.82, 2.24) is 0 Å². The van der Waals surface area contributed by atoms with E-state index in [0.29, 0.717) is 6.71 Å². The summed E-state index contributed by atoms with van der Waals surface area (Å²) in [5.74, 6) is 0. The first-order chi connectivity index (χ1) is 21.8. The lowest BCUT2D eigenvalue weighted by Gasteiger charge is -2.27. The first-order valence-electron chi connectivity index (χ1n) is 15.6. The number of rotatable bonds is 9. The molecule has 220 valence electrons. The second-order valence-electron chi connectivity index (χ2n) is 10.3. The molecule has 0 aromatic heterocycles. The molecule has 0 N–H and O–H groups in total. The van der Waals surface area contributed by atoms with Crippen LogP contribution in [-0.2, 0) is 0 Å². The molecule has 0 heterocycles. The monoisotopic (exact) mass is 608 g/mol. The molecule has 3 heteroatoms. The summed E-state index contributed by atoms with van der Waals surface area (Å²) in [5.41, 5.74) is 2.77. The molecule has 0 saturated heterocycles. The van der Waals surface area contributed by atoms with E-state index < -0.39 is 15.8 Å². The van der Waals surface area contributed by atoms with Crippen molar-refractivity contribution in [2.24, 2.45) is 0 Å². The van der Waals surface area contributed by atoms with Crippen molar-refractivity contribution in [1.29, 1.82) is 0 Å². The zero-order chi connectivity index (χ0) is 30.8. The van der Waals surface area contributed by atoms with Gasteiger partial charge in [-0.05, 0) is 40.3 Å². The van der Waals surface area contributed by atoms with Gasteiger partial charge in [0.25, 0.3) is 0 Å². The van der Waals surface area contributed by atoms with Gasteiger partial charge in [0.1, 0.15) is 0 Å². The minimum atomic E-state index is -0.472. The molecule has 6 rings (SSSR count). The molecule has 0 fully saturated rings. The smallest absolute Gasteiger partial charge is 0.0793 e. The van der Waals surface area contributed by atoms with Crippen LogP contribution >= 0.6 is 15.8 Å². The molecule has 0 radical (unpaired) electrons. The summed E-state index contributed by atoms with van der Waals surface area (Å²) in [6.07, 6.45) is 0. The van der Waals surface area contributed by atoms with Gasteiger partial charge in [0.15, 0.2) is 6.71 Å². The molecular weight excluding hydrogens is 565 g/mol. The van der Waals surface area contributed by atoms with E-state index in [9.17, 15) is 0 Å². The van der Waals surface area contributed by atoms with Crippen LogP contribution in [0.1, 0.15) is 19.4 Å². The summed E-state index contributed by atoms with van der Waals surface area (Å²) in [6.45, 7) is 6.55. The van der Waals surface area contributed by atoms with Crippen LogP contribution in [0.4, 0.5) is 0 Å². The lowest BCUT2D eigenvalue weighted by Crippen LogP contribution is -2.41. The number of benzene rings is 6. The maximum absolute atomic E-state index is 2.33. The highest BCUT2D eigenvalue weighted by Gasteiger charge is 2.28. The molecule has 0 aliphatic carbocycles. The van der Waals surface area contributed by atoms with Crippen molar-refractivity contribution in [3.8, 4) is 0 Å². The van der Waals surface area contributed by atoms with Gasteiger partial charge in [-0.15, -0.1) is 0 Å². The van der Waals surface area contributed by atoms with E-state index in [-0.39, 0.29) is 0 Å². The number of aryl methyl sites for hydroxylation is 1. The van der Waals surface area contributed by atoms with Gasteiger partial charge in [-0.2, -0.15) is 0 Å². The zero-order valence-corrected chi connectivity index (χ0v) is 28.0. The maximum atomic E-state index is 2.33. The predicted octanol–water partition coefficient (Wildman–Crippen LogP) is 8.75. The Morgan fingerprint density at radius 3 is 0.864 bits per heavy atom. The highest BCUT2D eigenvalue weighted by Crippen LogP contribution is 2.39. The van der Waals surface area contributed by atoms with E-state index in [2.05, 4.69) is 171 Å². The fourth-order valence-corrected chi connectivity index (χ4v) is 10.5. The zero-order valence-electron chi connectivity index (χ0n) is 26.2. The van der Waals surface area contributed by atoms with E-state index in [4.69, 9.17) is 0 Å². The Bertz CT molecular complexity index is 1400. The quantitative estimate of drug-likeness (QED) is 0.114. The Hall–Kier alpha value is -3.76. The van der Waals surface area contributed by atoms with Crippen LogP contribution in [0.5, 0.6) is 0 Å². The fourth-order valence-electron chi connectivity index (χ4n) is 5.12. The summed E-state index contributed by atoms with van der Waals surface area (Å²) < 4.78 is 0. The normalized spacial score (nSPS) is 10.3. The molecular formula is C41H43BP2. The van der Waals surface area contributed by atoms with Gasteiger partial charge >= 0.3 is 0 Å². The summed E-state index contributed by atoms with van der Waals surface area (Å²) in [4.78, 5) is 0. The van der Waals surface area contributed by atoms with E-state index in [1.54, 1.807) is 0 Å².